The van der Waals surface area contributed by atoms with Crippen molar-refractivity contribution in [2.75, 3.05) is 26.8 Å². The summed E-state index contributed by atoms with van der Waals surface area (Å²) < 4.78 is 10.1. The van der Waals surface area contributed by atoms with E-state index in [1.54, 1.807) is 7.11 Å². The molecule has 0 aliphatic heterocycles. The summed E-state index contributed by atoms with van der Waals surface area (Å²) in [7, 11) is 1.64. The molecular formula is C16H24IN5O2. The van der Waals surface area contributed by atoms with Gasteiger partial charge in [0.1, 0.15) is 0 Å². The average Bonchev–Trinajstić information content (AvgIpc) is 3.05. The van der Waals surface area contributed by atoms with Gasteiger partial charge in [-0.05, 0) is 24.1 Å². The second-order valence-corrected chi connectivity index (χ2v) is 5.00. The molecule has 0 unspecified atom stereocenters. The summed E-state index contributed by atoms with van der Waals surface area (Å²) in [4.78, 5) is 8.46. The van der Waals surface area contributed by atoms with Crippen LogP contribution in [0.25, 0.3) is 11.5 Å². The van der Waals surface area contributed by atoms with Gasteiger partial charge >= 0.3 is 0 Å². The molecule has 0 spiro atoms. The van der Waals surface area contributed by atoms with Gasteiger partial charge < -0.3 is 20.3 Å². The highest BCUT2D eigenvalue weighted by atomic mass is 127. The van der Waals surface area contributed by atoms with Gasteiger partial charge in [0.05, 0.1) is 13.2 Å². The highest BCUT2D eigenvalue weighted by molar-refractivity contribution is 14.0. The standard InChI is InChI=1S/C16H23N5O2.HI/c1-3-14-20-15(23-21-14)13-6-4-12(5-7-13)8-9-18-16(17)19-10-11-22-2;/h4-7H,3,8-11H2,1-2H3,(H3,17,18,19);1H. The number of methoxy groups -OCH3 is 1. The molecule has 0 saturated heterocycles. The topological polar surface area (TPSA) is 98.6 Å². The summed E-state index contributed by atoms with van der Waals surface area (Å²) in [6, 6.07) is 8.06. The molecule has 0 atom stereocenters. The third-order valence-electron chi connectivity index (χ3n) is 3.28. The first-order valence-electron chi connectivity index (χ1n) is 7.67. The van der Waals surface area contributed by atoms with Crippen LogP contribution in [0.3, 0.4) is 0 Å². The Labute approximate surface area is 159 Å². The van der Waals surface area contributed by atoms with Crippen molar-refractivity contribution < 1.29 is 9.26 Å². The summed E-state index contributed by atoms with van der Waals surface area (Å²) in [6.45, 7) is 3.85. The molecule has 0 aliphatic rings. The second-order valence-electron chi connectivity index (χ2n) is 5.00. The molecule has 0 aliphatic carbocycles. The van der Waals surface area contributed by atoms with E-state index >= 15 is 0 Å². The van der Waals surface area contributed by atoms with Gasteiger partial charge in [-0.15, -0.1) is 24.0 Å². The van der Waals surface area contributed by atoms with Crippen LogP contribution in [0.4, 0.5) is 0 Å². The fraction of sp³-hybridized carbons (Fsp3) is 0.438. The van der Waals surface area contributed by atoms with Crippen LogP contribution in [-0.4, -0.2) is 42.9 Å². The molecule has 24 heavy (non-hydrogen) atoms. The Morgan fingerprint density at radius 3 is 2.71 bits per heavy atom. The van der Waals surface area contributed by atoms with E-state index in [2.05, 4.69) is 20.4 Å². The molecule has 1 heterocycles. The maximum atomic E-state index is 5.75. The fourth-order valence-electron chi connectivity index (χ4n) is 1.98. The van der Waals surface area contributed by atoms with Crippen molar-refractivity contribution in [3.05, 3.63) is 35.7 Å². The van der Waals surface area contributed by atoms with Crippen molar-refractivity contribution in [3.63, 3.8) is 0 Å². The Bertz CT molecular complexity index is 628. The molecule has 0 amide bonds. The number of nitrogens with one attached hydrogen (secondary N) is 1. The van der Waals surface area contributed by atoms with E-state index in [-0.39, 0.29) is 24.0 Å². The second kappa shape index (κ2) is 11.0. The monoisotopic (exact) mass is 445 g/mol. The van der Waals surface area contributed by atoms with Gasteiger partial charge in [0.15, 0.2) is 11.8 Å². The predicted molar refractivity (Wildman–Crippen MR) is 105 cm³/mol. The summed E-state index contributed by atoms with van der Waals surface area (Å²) in [5.41, 5.74) is 7.87. The van der Waals surface area contributed by atoms with Crippen LogP contribution in [0.15, 0.2) is 33.8 Å². The number of hydrogen-bond donors (Lipinski definition) is 2. The highest BCUT2D eigenvalue weighted by Gasteiger charge is 2.07. The zero-order valence-corrected chi connectivity index (χ0v) is 16.3. The molecule has 0 bridgehead atoms. The number of nitrogens with two attached hydrogens (primary N) is 1. The number of aliphatic imine (C=N–C) groups is 1. The average molecular weight is 445 g/mol. The van der Waals surface area contributed by atoms with E-state index in [9.17, 15) is 0 Å². The number of guanidine groups is 1. The van der Waals surface area contributed by atoms with E-state index < -0.39 is 0 Å². The van der Waals surface area contributed by atoms with E-state index in [0.29, 0.717) is 25.0 Å². The molecule has 2 aromatic rings. The van der Waals surface area contributed by atoms with Crippen molar-refractivity contribution in [1.82, 2.24) is 15.5 Å². The fourth-order valence-corrected chi connectivity index (χ4v) is 1.98. The lowest BCUT2D eigenvalue weighted by Crippen LogP contribution is -2.33. The summed E-state index contributed by atoms with van der Waals surface area (Å²) in [6.07, 6.45) is 1.62. The van der Waals surface area contributed by atoms with Gasteiger partial charge in [0.25, 0.3) is 5.89 Å². The van der Waals surface area contributed by atoms with Gasteiger partial charge in [0.2, 0.25) is 0 Å². The zero-order chi connectivity index (χ0) is 16.5. The molecular weight excluding hydrogens is 421 g/mol. The minimum atomic E-state index is 0. The first-order valence-corrected chi connectivity index (χ1v) is 7.67. The van der Waals surface area contributed by atoms with E-state index in [4.69, 9.17) is 15.0 Å². The molecule has 1 aromatic carbocycles. The molecule has 1 aromatic heterocycles. The van der Waals surface area contributed by atoms with Crippen LogP contribution in [0.2, 0.25) is 0 Å². The van der Waals surface area contributed by atoms with Crippen LogP contribution in [-0.2, 0) is 17.6 Å². The maximum Gasteiger partial charge on any atom is 0.257 e. The van der Waals surface area contributed by atoms with E-state index in [1.807, 2.05) is 31.2 Å². The van der Waals surface area contributed by atoms with Gasteiger partial charge in [-0.3, -0.25) is 4.99 Å². The van der Waals surface area contributed by atoms with Crippen molar-refractivity contribution in [2.24, 2.45) is 10.7 Å². The number of aromatic nitrogens is 2. The Balaban J connectivity index is 0.00000288. The largest absolute Gasteiger partial charge is 0.383 e. The predicted octanol–water partition coefficient (Wildman–Crippen LogP) is 2.01. The first kappa shape index (κ1) is 20.4. The number of ether oxygens (including phenoxy) is 1. The number of hydrogen-bond acceptors (Lipinski definition) is 5. The summed E-state index contributed by atoms with van der Waals surface area (Å²) in [5, 5.41) is 6.98. The minimum Gasteiger partial charge on any atom is -0.383 e. The van der Waals surface area contributed by atoms with Gasteiger partial charge in [-0.1, -0.05) is 24.2 Å². The number of rotatable bonds is 8. The van der Waals surface area contributed by atoms with Gasteiger partial charge in [-0.2, -0.15) is 4.98 Å². The lowest BCUT2D eigenvalue weighted by Gasteiger charge is -2.06. The Kier molecular flexibility index (Phi) is 9.31. The molecule has 7 nitrogen and oxygen atoms in total. The molecule has 0 radical (unpaired) electrons. The smallest absolute Gasteiger partial charge is 0.257 e. The van der Waals surface area contributed by atoms with Crippen LogP contribution in [0.5, 0.6) is 0 Å². The maximum absolute atomic E-state index is 5.75. The number of nitrogens with zero attached hydrogens (tertiary/aromatic N) is 3. The van der Waals surface area contributed by atoms with Crippen molar-refractivity contribution in [3.8, 4) is 11.5 Å². The first-order chi connectivity index (χ1) is 11.2. The van der Waals surface area contributed by atoms with Crippen molar-refractivity contribution >= 4 is 29.9 Å². The Morgan fingerprint density at radius 2 is 2.08 bits per heavy atom. The third-order valence-corrected chi connectivity index (χ3v) is 3.28. The molecule has 8 heteroatoms. The number of halogens is 1. The highest BCUT2D eigenvalue weighted by Crippen LogP contribution is 2.18. The Morgan fingerprint density at radius 1 is 1.33 bits per heavy atom. The Hall–Kier alpha value is -1.68. The zero-order valence-electron chi connectivity index (χ0n) is 14.0. The lowest BCUT2D eigenvalue weighted by molar-refractivity contribution is 0.208. The molecule has 3 N–H and O–H groups in total. The van der Waals surface area contributed by atoms with Crippen LogP contribution >= 0.6 is 24.0 Å². The van der Waals surface area contributed by atoms with Gasteiger partial charge in [-0.25, -0.2) is 0 Å². The quantitative estimate of drug-likeness (QED) is 0.279. The van der Waals surface area contributed by atoms with E-state index in [1.165, 1.54) is 5.56 Å². The van der Waals surface area contributed by atoms with Crippen LogP contribution < -0.4 is 11.1 Å². The van der Waals surface area contributed by atoms with Crippen LogP contribution in [0, 0.1) is 0 Å². The number of aryl methyl sites for hydroxylation is 1. The summed E-state index contributed by atoms with van der Waals surface area (Å²) >= 11 is 0. The molecule has 0 saturated carbocycles. The van der Waals surface area contributed by atoms with Crippen molar-refractivity contribution in [2.45, 2.75) is 19.8 Å². The van der Waals surface area contributed by atoms with Crippen molar-refractivity contribution in [1.29, 1.82) is 0 Å². The molecule has 132 valence electrons. The molecule has 2 rings (SSSR count). The van der Waals surface area contributed by atoms with E-state index in [0.717, 1.165) is 30.8 Å². The summed E-state index contributed by atoms with van der Waals surface area (Å²) in [5.74, 6) is 1.72. The van der Waals surface area contributed by atoms with Crippen LogP contribution in [0.1, 0.15) is 18.3 Å². The van der Waals surface area contributed by atoms with Gasteiger partial charge in [0, 0.05) is 25.6 Å². The number of benzene rings is 1. The minimum absolute atomic E-state index is 0. The normalized spacial score (nSPS) is 11.2. The molecule has 0 fully saturated rings. The lowest BCUT2D eigenvalue weighted by atomic mass is 10.1. The third kappa shape index (κ3) is 6.44. The SMILES string of the molecule is CCc1noc(-c2ccc(CCNC(N)=NCCOC)cc2)n1.I.